The molecular formula is C20H18ClN3O3. The third-order valence-corrected chi connectivity index (χ3v) is 4.18. The van der Waals surface area contributed by atoms with Gasteiger partial charge in [-0.2, -0.15) is 0 Å². The highest BCUT2D eigenvalue weighted by Crippen LogP contribution is 2.17. The summed E-state index contributed by atoms with van der Waals surface area (Å²) in [5.74, 6) is -1.02. The van der Waals surface area contributed by atoms with Crippen LogP contribution in [0.2, 0.25) is 5.02 Å². The van der Waals surface area contributed by atoms with Crippen LogP contribution in [0.1, 0.15) is 29.0 Å². The van der Waals surface area contributed by atoms with Gasteiger partial charge < -0.3 is 10.1 Å². The van der Waals surface area contributed by atoms with Crippen LogP contribution in [-0.4, -0.2) is 28.0 Å². The molecule has 1 N–H and O–H groups in total. The summed E-state index contributed by atoms with van der Waals surface area (Å²) in [5, 5.41) is 3.36. The van der Waals surface area contributed by atoms with Crippen molar-refractivity contribution in [2.75, 3.05) is 6.61 Å². The molecule has 3 aromatic rings. The second-order valence-electron chi connectivity index (χ2n) is 5.90. The Bertz CT molecular complexity index is 940. The van der Waals surface area contributed by atoms with Crippen molar-refractivity contribution in [3.63, 3.8) is 0 Å². The Morgan fingerprint density at radius 2 is 1.96 bits per heavy atom. The standard InChI is InChI=1S/C20H18ClN3O3/c1-14(15-6-5-7-16(21)10-15)23-19(25)12-27-20(26)18-11-22-13-24(18)17-8-3-2-4-9-17/h2-11,13-14H,12H2,1H3,(H,23,25). The Balaban J connectivity index is 1.58. The molecule has 1 atom stereocenters. The van der Waals surface area contributed by atoms with Crippen LogP contribution in [0.4, 0.5) is 0 Å². The summed E-state index contributed by atoms with van der Waals surface area (Å²) in [6, 6.07) is 16.2. The van der Waals surface area contributed by atoms with Crippen molar-refractivity contribution in [1.82, 2.24) is 14.9 Å². The zero-order chi connectivity index (χ0) is 19.2. The molecule has 6 nitrogen and oxygen atoms in total. The predicted molar refractivity (Wildman–Crippen MR) is 102 cm³/mol. The summed E-state index contributed by atoms with van der Waals surface area (Å²) < 4.78 is 6.74. The minimum atomic E-state index is -0.623. The molecule has 1 aromatic heterocycles. The third kappa shape index (κ3) is 4.74. The van der Waals surface area contributed by atoms with Crippen LogP contribution in [0.5, 0.6) is 0 Å². The number of nitrogens with zero attached hydrogens (tertiary/aromatic N) is 2. The van der Waals surface area contributed by atoms with Crippen molar-refractivity contribution in [3.05, 3.63) is 83.4 Å². The minimum absolute atomic E-state index is 0.247. The SMILES string of the molecule is CC(NC(=O)COC(=O)c1cncn1-c1ccccc1)c1cccc(Cl)c1. The maximum absolute atomic E-state index is 12.3. The van der Waals surface area contributed by atoms with E-state index in [2.05, 4.69) is 10.3 Å². The number of hydrogen-bond donors (Lipinski definition) is 1. The van der Waals surface area contributed by atoms with Gasteiger partial charge in [0.05, 0.1) is 18.6 Å². The summed E-state index contributed by atoms with van der Waals surface area (Å²) in [4.78, 5) is 28.4. The maximum atomic E-state index is 12.3. The summed E-state index contributed by atoms with van der Waals surface area (Å²) in [7, 11) is 0. The van der Waals surface area contributed by atoms with Gasteiger partial charge in [-0.15, -0.1) is 0 Å². The van der Waals surface area contributed by atoms with Crippen LogP contribution < -0.4 is 5.32 Å². The van der Waals surface area contributed by atoms with E-state index in [9.17, 15) is 9.59 Å². The molecule has 0 saturated carbocycles. The van der Waals surface area contributed by atoms with E-state index in [1.54, 1.807) is 16.7 Å². The van der Waals surface area contributed by atoms with Gasteiger partial charge in [-0.05, 0) is 36.8 Å². The van der Waals surface area contributed by atoms with Crippen molar-refractivity contribution in [1.29, 1.82) is 0 Å². The highest BCUT2D eigenvalue weighted by atomic mass is 35.5. The van der Waals surface area contributed by atoms with Crippen molar-refractivity contribution in [3.8, 4) is 5.69 Å². The molecule has 138 valence electrons. The Morgan fingerprint density at radius 3 is 2.70 bits per heavy atom. The molecule has 1 unspecified atom stereocenters. The first-order valence-corrected chi connectivity index (χ1v) is 8.72. The van der Waals surface area contributed by atoms with Gasteiger partial charge in [0.15, 0.2) is 12.3 Å². The second kappa shape index (κ2) is 8.51. The first-order valence-electron chi connectivity index (χ1n) is 8.34. The molecular weight excluding hydrogens is 366 g/mol. The lowest BCUT2D eigenvalue weighted by Gasteiger charge is -2.15. The van der Waals surface area contributed by atoms with Crippen molar-refractivity contribution >= 4 is 23.5 Å². The van der Waals surface area contributed by atoms with E-state index in [1.807, 2.05) is 49.4 Å². The second-order valence-corrected chi connectivity index (χ2v) is 6.34. The van der Waals surface area contributed by atoms with E-state index >= 15 is 0 Å². The number of amides is 1. The number of hydrogen-bond acceptors (Lipinski definition) is 4. The number of imidazole rings is 1. The summed E-state index contributed by atoms with van der Waals surface area (Å²) in [5.41, 5.74) is 1.89. The Kier molecular flexibility index (Phi) is 5.88. The zero-order valence-electron chi connectivity index (χ0n) is 14.6. The topological polar surface area (TPSA) is 73.2 Å². The molecule has 2 aromatic carbocycles. The lowest BCUT2D eigenvalue weighted by atomic mass is 10.1. The molecule has 3 rings (SSSR count). The van der Waals surface area contributed by atoms with Crippen LogP contribution in [0.3, 0.4) is 0 Å². The number of nitrogens with one attached hydrogen (secondary N) is 1. The van der Waals surface area contributed by atoms with E-state index in [4.69, 9.17) is 16.3 Å². The Morgan fingerprint density at radius 1 is 1.19 bits per heavy atom. The molecule has 27 heavy (non-hydrogen) atoms. The van der Waals surface area contributed by atoms with Gasteiger partial charge in [-0.3, -0.25) is 9.36 Å². The normalized spacial score (nSPS) is 11.6. The first kappa shape index (κ1) is 18.7. The number of aromatic nitrogens is 2. The molecule has 0 aliphatic carbocycles. The van der Waals surface area contributed by atoms with Crippen LogP contribution in [0, 0.1) is 0 Å². The number of halogens is 1. The van der Waals surface area contributed by atoms with Gasteiger partial charge in [0.25, 0.3) is 5.91 Å². The van der Waals surface area contributed by atoms with Gasteiger partial charge >= 0.3 is 5.97 Å². The van der Waals surface area contributed by atoms with Crippen LogP contribution in [0.15, 0.2) is 67.1 Å². The van der Waals surface area contributed by atoms with Crippen LogP contribution >= 0.6 is 11.6 Å². The minimum Gasteiger partial charge on any atom is -0.451 e. The average molecular weight is 384 g/mol. The van der Waals surface area contributed by atoms with Gasteiger partial charge in [-0.25, -0.2) is 9.78 Å². The highest BCUT2D eigenvalue weighted by molar-refractivity contribution is 6.30. The zero-order valence-corrected chi connectivity index (χ0v) is 15.4. The number of rotatable bonds is 6. The lowest BCUT2D eigenvalue weighted by molar-refractivity contribution is -0.124. The summed E-state index contributed by atoms with van der Waals surface area (Å²) in [6.45, 7) is 1.44. The van der Waals surface area contributed by atoms with E-state index in [0.717, 1.165) is 11.3 Å². The molecule has 0 spiro atoms. The smallest absolute Gasteiger partial charge is 0.357 e. The van der Waals surface area contributed by atoms with Gasteiger partial charge in [0.1, 0.15) is 0 Å². The highest BCUT2D eigenvalue weighted by Gasteiger charge is 2.17. The molecule has 0 radical (unpaired) electrons. The molecule has 0 aliphatic heterocycles. The largest absolute Gasteiger partial charge is 0.451 e. The molecule has 0 saturated heterocycles. The molecule has 7 heteroatoms. The van der Waals surface area contributed by atoms with Gasteiger partial charge in [0.2, 0.25) is 0 Å². The maximum Gasteiger partial charge on any atom is 0.357 e. The average Bonchev–Trinajstić information content (AvgIpc) is 3.17. The first-order chi connectivity index (χ1) is 13.0. The van der Waals surface area contributed by atoms with E-state index in [0.29, 0.717) is 5.02 Å². The van der Waals surface area contributed by atoms with Crippen molar-refractivity contribution < 1.29 is 14.3 Å². The summed E-state index contributed by atoms with van der Waals surface area (Å²) in [6.07, 6.45) is 2.93. The van der Waals surface area contributed by atoms with E-state index in [-0.39, 0.29) is 18.3 Å². The lowest BCUT2D eigenvalue weighted by Crippen LogP contribution is -2.31. The van der Waals surface area contributed by atoms with Crippen LogP contribution in [-0.2, 0) is 9.53 Å². The fourth-order valence-corrected chi connectivity index (χ4v) is 2.79. The van der Waals surface area contributed by atoms with Gasteiger partial charge in [-0.1, -0.05) is 41.9 Å². The van der Waals surface area contributed by atoms with Gasteiger partial charge in [0, 0.05) is 10.7 Å². The number of para-hydroxylation sites is 1. The van der Waals surface area contributed by atoms with Crippen LogP contribution in [0.25, 0.3) is 5.69 Å². The van der Waals surface area contributed by atoms with E-state index in [1.165, 1.54) is 12.5 Å². The number of carbonyl (C=O) groups excluding carboxylic acids is 2. The van der Waals surface area contributed by atoms with Crippen molar-refractivity contribution in [2.24, 2.45) is 0 Å². The number of ether oxygens (including phenoxy) is 1. The number of carbonyl (C=O) groups is 2. The fourth-order valence-electron chi connectivity index (χ4n) is 2.59. The van der Waals surface area contributed by atoms with Crippen molar-refractivity contribution in [2.45, 2.75) is 13.0 Å². The molecule has 1 heterocycles. The molecule has 1 amide bonds. The number of benzene rings is 2. The third-order valence-electron chi connectivity index (χ3n) is 3.94. The number of esters is 1. The van der Waals surface area contributed by atoms with E-state index < -0.39 is 11.9 Å². The fraction of sp³-hybridized carbons (Fsp3) is 0.150. The molecule has 0 fully saturated rings. The molecule has 0 bridgehead atoms. The monoisotopic (exact) mass is 383 g/mol. The molecule has 0 aliphatic rings. The Labute approximate surface area is 161 Å². The summed E-state index contributed by atoms with van der Waals surface area (Å²) >= 11 is 5.96. The Hall–Kier alpha value is -3.12. The quantitative estimate of drug-likeness (QED) is 0.660. The predicted octanol–water partition coefficient (Wildman–Crippen LogP) is 3.56.